The fraction of sp³-hybridized carbons (Fsp3) is 0.455. The minimum Gasteiger partial charge on any atom is -0.368 e. The topological polar surface area (TPSA) is 66.3 Å². The summed E-state index contributed by atoms with van der Waals surface area (Å²) < 4.78 is 2.17. The molecule has 0 bridgehead atoms. The van der Waals surface area contributed by atoms with Gasteiger partial charge in [-0.3, -0.25) is 4.40 Å². The summed E-state index contributed by atoms with van der Waals surface area (Å²) in [6.45, 7) is 8.28. The molecule has 3 heterocycles. The van der Waals surface area contributed by atoms with Crippen LogP contribution in [-0.2, 0) is 6.54 Å². The van der Waals surface area contributed by atoms with Crippen LogP contribution in [0.25, 0.3) is 5.65 Å². The Morgan fingerprint density at radius 3 is 2.82 bits per heavy atom. The summed E-state index contributed by atoms with van der Waals surface area (Å²) in [5.41, 5.74) is 3.30. The number of nitrogens with one attached hydrogen (secondary N) is 3. The Labute approximate surface area is 166 Å². The van der Waals surface area contributed by atoms with Crippen molar-refractivity contribution in [2.75, 3.05) is 30.3 Å². The number of hydrogen-bond donors (Lipinski definition) is 3. The van der Waals surface area contributed by atoms with Crippen LogP contribution in [0.4, 0.5) is 11.6 Å². The van der Waals surface area contributed by atoms with Crippen molar-refractivity contribution in [3.05, 3.63) is 54.0 Å². The monoisotopic (exact) mass is 378 g/mol. The zero-order valence-corrected chi connectivity index (χ0v) is 16.8. The minimum absolute atomic E-state index is 0.398. The van der Waals surface area contributed by atoms with Gasteiger partial charge in [0, 0.05) is 25.0 Å². The van der Waals surface area contributed by atoms with E-state index in [1.807, 2.05) is 12.3 Å². The van der Waals surface area contributed by atoms with Gasteiger partial charge in [-0.05, 0) is 43.3 Å². The van der Waals surface area contributed by atoms with Crippen molar-refractivity contribution in [3.8, 4) is 0 Å². The Bertz CT molecular complexity index is 896. The van der Waals surface area contributed by atoms with Crippen molar-refractivity contribution in [3.63, 3.8) is 0 Å². The molecular formula is C22H30N6. The van der Waals surface area contributed by atoms with E-state index in [-0.39, 0.29) is 0 Å². The summed E-state index contributed by atoms with van der Waals surface area (Å²) in [5.74, 6) is 2.77. The molecule has 0 radical (unpaired) electrons. The first-order chi connectivity index (χ1) is 13.7. The molecule has 6 nitrogen and oxygen atoms in total. The van der Waals surface area contributed by atoms with Crippen LogP contribution in [0, 0.1) is 5.92 Å². The second-order valence-electron chi connectivity index (χ2n) is 7.94. The van der Waals surface area contributed by atoms with Crippen molar-refractivity contribution in [2.45, 2.75) is 39.2 Å². The average molecular weight is 379 g/mol. The average Bonchev–Trinajstić information content (AvgIpc) is 3.16. The molecule has 148 valence electrons. The third-order valence-corrected chi connectivity index (χ3v) is 5.39. The lowest BCUT2D eigenvalue weighted by molar-refractivity contribution is 0.392. The van der Waals surface area contributed by atoms with Gasteiger partial charge in [-0.2, -0.15) is 0 Å². The predicted molar refractivity (Wildman–Crippen MR) is 115 cm³/mol. The first kappa shape index (κ1) is 18.7. The number of piperidine rings is 1. The summed E-state index contributed by atoms with van der Waals surface area (Å²) in [5, 5.41) is 10.5. The van der Waals surface area contributed by atoms with E-state index in [0.29, 0.717) is 11.8 Å². The molecular weight excluding hydrogens is 348 g/mol. The van der Waals surface area contributed by atoms with E-state index in [1.54, 1.807) is 0 Å². The molecule has 1 atom stereocenters. The summed E-state index contributed by atoms with van der Waals surface area (Å²) in [6, 6.07) is 10.4. The van der Waals surface area contributed by atoms with E-state index in [1.165, 1.54) is 24.1 Å². The Morgan fingerprint density at radius 2 is 2.07 bits per heavy atom. The van der Waals surface area contributed by atoms with Crippen molar-refractivity contribution in [1.29, 1.82) is 0 Å². The molecule has 3 aromatic rings. The van der Waals surface area contributed by atoms with Crippen LogP contribution in [0.3, 0.4) is 0 Å². The molecule has 0 amide bonds. The highest BCUT2D eigenvalue weighted by Crippen LogP contribution is 2.24. The SMILES string of the molecule is CC(C)c1cnc2c(NCc3ccccc3)nc(NC[C@H]3CCCNC3)cn12. The third-order valence-electron chi connectivity index (χ3n) is 5.39. The number of benzene rings is 1. The second kappa shape index (κ2) is 8.61. The van der Waals surface area contributed by atoms with Crippen LogP contribution in [0.15, 0.2) is 42.7 Å². The van der Waals surface area contributed by atoms with Crippen molar-refractivity contribution in [2.24, 2.45) is 5.92 Å². The fourth-order valence-corrected chi connectivity index (χ4v) is 3.77. The van der Waals surface area contributed by atoms with E-state index in [9.17, 15) is 0 Å². The maximum atomic E-state index is 4.85. The molecule has 3 N–H and O–H groups in total. The van der Waals surface area contributed by atoms with E-state index in [4.69, 9.17) is 4.98 Å². The standard InChI is InChI=1S/C22H30N6/c1-16(2)19-14-26-22-21(25-12-17-7-4-3-5-8-17)27-20(15-28(19)22)24-13-18-9-6-10-23-11-18/h3-5,7-8,14-16,18,23-24H,6,9-13H2,1-2H3,(H,25,27)/t18-/m0/s1. The fourth-order valence-electron chi connectivity index (χ4n) is 3.77. The van der Waals surface area contributed by atoms with Gasteiger partial charge in [0.2, 0.25) is 0 Å². The highest BCUT2D eigenvalue weighted by atomic mass is 15.2. The van der Waals surface area contributed by atoms with Gasteiger partial charge in [0.05, 0.1) is 6.20 Å². The van der Waals surface area contributed by atoms with Crippen LogP contribution in [-0.4, -0.2) is 34.0 Å². The summed E-state index contributed by atoms with van der Waals surface area (Å²) in [7, 11) is 0. The Balaban J connectivity index is 1.58. The van der Waals surface area contributed by atoms with Gasteiger partial charge in [-0.15, -0.1) is 0 Å². The molecule has 1 saturated heterocycles. The molecule has 28 heavy (non-hydrogen) atoms. The number of hydrogen-bond acceptors (Lipinski definition) is 5. The van der Waals surface area contributed by atoms with Crippen molar-refractivity contribution >= 4 is 17.3 Å². The highest BCUT2D eigenvalue weighted by Gasteiger charge is 2.16. The van der Waals surface area contributed by atoms with Crippen LogP contribution in [0.1, 0.15) is 43.9 Å². The quantitative estimate of drug-likeness (QED) is 0.582. The summed E-state index contributed by atoms with van der Waals surface area (Å²) in [6.07, 6.45) is 6.57. The van der Waals surface area contributed by atoms with Crippen LogP contribution >= 0.6 is 0 Å². The number of nitrogens with zero attached hydrogens (tertiary/aromatic N) is 3. The first-order valence-corrected chi connectivity index (χ1v) is 10.3. The molecule has 0 saturated carbocycles. The van der Waals surface area contributed by atoms with Gasteiger partial charge >= 0.3 is 0 Å². The Hall–Kier alpha value is -2.60. The zero-order chi connectivity index (χ0) is 19.3. The molecule has 6 heteroatoms. The lowest BCUT2D eigenvalue weighted by Crippen LogP contribution is -2.33. The smallest absolute Gasteiger partial charge is 0.180 e. The van der Waals surface area contributed by atoms with E-state index in [2.05, 4.69) is 69.6 Å². The molecule has 4 rings (SSSR count). The predicted octanol–water partition coefficient (Wildman–Crippen LogP) is 3.88. The minimum atomic E-state index is 0.398. The van der Waals surface area contributed by atoms with E-state index < -0.39 is 0 Å². The molecule has 1 fully saturated rings. The maximum absolute atomic E-state index is 4.85. The number of fused-ring (bicyclic) bond motifs is 1. The van der Waals surface area contributed by atoms with Crippen LogP contribution in [0.2, 0.25) is 0 Å². The second-order valence-corrected chi connectivity index (χ2v) is 7.94. The molecule has 0 spiro atoms. The lowest BCUT2D eigenvalue weighted by atomic mass is 10.00. The number of aromatic nitrogens is 3. The molecule has 0 aliphatic carbocycles. The van der Waals surface area contributed by atoms with Gasteiger partial charge in [-0.25, -0.2) is 9.97 Å². The summed E-state index contributed by atoms with van der Waals surface area (Å²) in [4.78, 5) is 9.49. The van der Waals surface area contributed by atoms with Gasteiger partial charge < -0.3 is 16.0 Å². The van der Waals surface area contributed by atoms with Gasteiger partial charge in [0.1, 0.15) is 5.82 Å². The van der Waals surface area contributed by atoms with Crippen molar-refractivity contribution < 1.29 is 0 Å². The number of imidazole rings is 1. The molecule has 1 aliphatic heterocycles. The summed E-state index contributed by atoms with van der Waals surface area (Å²) >= 11 is 0. The van der Waals surface area contributed by atoms with E-state index in [0.717, 1.165) is 43.5 Å². The number of anilines is 2. The van der Waals surface area contributed by atoms with E-state index >= 15 is 0 Å². The molecule has 2 aromatic heterocycles. The molecule has 1 aliphatic rings. The Morgan fingerprint density at radius 1 is 1.21 bits per heavy atom. The Kier molecular flexibility index (Phi) is 5.76. The highest BCUT2D eigenvalue weighted by molar-refractivity contribution is 5.66. The molecule has 1 aromatic carbocycles. The zero-order valence-electron chi connectivity index (χ0n) is 16.8. The largest absolute Gasteiger partial charge is 0.368 e. The van der Waals surface area contributed by atoms with Crippen LogP contribution in [0.5, 0.6) is 0 Å². The van der Waals surface area contributed by atoms with Gasteiger partial charge in [0.15, 0.2) is 11.5 Å². The first-order valence-electron chi connectivity index (χ1n) is 10.3. The van der Waals surface area contributed by atoms with Gasteiger partial charge in [0.25, 0.3) is 0 Å². The van der Waals surface area contributed by atoms with Gasteiger partial charge in [-0.1, -0.05) is 44.2 Å². The van der Waals surface area contributed by atoms with Crippen LogP contribution < -0.4 is 16.0 Å². The molecule has 0 unspecified atom stereocenters. The third kappa shape index (κ3) is 4.28. The van der Waals surface area contributed by atoms with Crippen molar-refractivity contribution in [1.82, 2.24) is 19.7 Å². The lowest BCUT2D eigenvalue weighted by Gasteiger charge is -2.23. The maximum Gasteiger partial charge on any atom is 0.180 e. The number of rotatable bonds is 7. The normalized spacial score (nSPS) is 17.2.